The first-order valence-electron chi connectivity index (χ1n) is 5.06. The Labute approximate surface area is 91.2 Å². The average Bonchev–Trinajstić information content (AvgIpc) is 2.29. The van der Waals surface area contributed by atoms with Crippen LogP contribution in [-0.4, -0.2) is 9.97 Å². The van der Waals surface area contributed by atoms with E-state index < -0.39 is 0 Å². The molecule has 0 spiro atoms. The van der Waals surface area contributed by atoms with E-state index in [0.29, 0.717) is 11.0 Å². The van der Waals surface area contributed by atoms with E-state index in [0.717, 1.165) is 11.3 Å². The minimum absolute atomic E-state index is 0.103. The Kier molecular flexibility index (Phi) is 1.77. The fraction of sp³-hybridized carbons (Fsp3) is 0.0833. The SMILES string of the molecule is Cc1cccc2[nH]c(=O)c3cccnc3[n+]12. The molecule has 0 saturated carbocycles. The Morgan fingerprint density at radius 2 is 2.12 bits per heavy atom. The van der Waals surface area contributed by atoms with Gasteiger partial charge < -0.3 is 0 Å². The van der Waals surface area contributed by atoms with Gasteiger partial charge in [0.05, 0.1) is 5.69 Å². The number of H-pyrrole nitrogens is 1. The molecule has 3 rings (SSSR count). The molecule has 0 atom stereocenters. The predicted octanol–water partition coefficient (Wildman–Crippen LogP) is 0.970. The van der Waals surface area contributed by atoms with E-state index in [4.69, 9.17) is 0 Å². The number of nitrogens with one attached hydrogen (secondary N) is 1. The van der Waals surface area contributed by atoms with E-state index in [1.54, 1.807) is 18.3 Å². The molecule has 3 heterocycles. The first-order valence-corrected chi connectivity index (χ1v) is 5.06. The van der Waals surface area contributed by atoms with E-state index in [-0.39, 0.29) is 5.56 Å². The molecule has 0 aromatic carbocycles. The van der Waals surface area contributed by atoms with E-state index in [2.05, 4.69) is 9.97 Å². The number of aromatic amines is 1. The maximum atomic E-state index is 11.8. The molecule has 0 aliphatic heterocycles. The van der Waals surface area contributed by atoms with Crippen molar-refractivity contribution in [2.24, 2.45) is 0 Å². The van der Waals surface area contributed by atoms with Gasteiger partial charge in [-0.15, -0.1) is 4.98 Å². The lowest BCUT2D eigenvalue weighted by molar-refractivity contribution is -0.495. The monoisotopic (exact) mass is 212 g/mol. The fourth-order valence-corrected chi connectivity index (χ4v) is 1.93. The van der Waals surface area contributed by atoms with Crippen molar-refractivity contribution in [3.63, 3.8) is 0 Å². The summed E-state index contributed by atoms with van der Waals surface area (Å²) in [7, 11) is 0. The van der Waals surface area contributed by atoms with Crippen molar-refractivity contribution in [1.82, 2.24) is 9.97 Å². The topological polar surface area (TPSA) is 49.9 Å². The third-order valence-electron chi connectivity index (χ3n) is 2.67. The van der Waals surface area contributed by atoms with Crippen molar-refractivity contribution < 1.29 is 4.40 Å². The zero-order valence-corrected chi connectivity index (χ0v) is 8.77. The maximum Gasteiger partial charge on any atom is 0.318 e. The van der Waals surface area contributed by atoms with Crippen molar-refractivity contribution >= 4 is 16.7 Å². The predicted molar refractivity (Wildman–Crippen MR) is 60.3 cm³/mol. The number of aryl methyl sites for hydroxylation is 1. The van der Waals surface area contributed by atoms with Crippen LogP contribution in [0.2, 0.25) is 0 Å². The van der Waals surface area contributed by atoms with Gasteiger partial charge in [0.25, 0.3) is 5.65 Å². The zero-order chi connectivity index (χ0) is 11.1. The summed E-state index contributed by atoms with van der Waals surface area (Å²) < 4.78 is 1.94. The highest BCUT2D eigenvalue weighted by Crippen LogP contribution is 2.03. The number of fused-ring (bicyclic) bond motifs is 3. The largest absolute Gasteiger partial charge is 0.318 e. The van der Waals surface area contributed by atoms with Gasteiger partial charge in [-0.25, -0.2) is 4.98 Å². The molecule has 4 heteroatoms. The Balaban J connectivity index is 2.72. The summed E-state index contributed by atoms with van der Waals surface area (Å²) in [5.74, 6) is 0. The molecule has 0 aliphatic carbocycles. The van der Waals surface area contributed by atoms with Crippen LogP contribution < -0.4 is 9.96 Å². The van der Waals surface area contributed by atoms with Gasteiger partial charge in [0.15, 0.2) is 0 Å². The van der Waals surface area contributed by atoms with Gasteiger partial charge in [0.2, 0.25) is 5.65 Å². The molecule has 3 aromatic rings. The number of pyridine rings is 2. The third kappa shape index (κ3) is 1.13. The number of nitrogens with zero attached hydrogens (tertiary/aromatic N) is 2. The maximum absolute atomic E-state index is 11.8. The van der Waals surface area contributed by atoms with Gasteiger partial charge in [-0.3, -0.25) is 4.79 Å². The van der Waals surface area contributed by atoms with Crippen LogP contribution in [0.4, 0.5) is 0 Å². The quantitative estimate of drug-likeness (QED) is 0.446. The standard InChI is InChI=1S/C12H9N3O/c1-8-4-2-6-10-14-12(16)9-5-3-7-13-11(9)15(8)10/h2-7H,1H3/p+1. The zero-order valence-electron chi connectivity index (χ0n) is 8.77. The number of rotatable bonds is 0. The summed E-state index contributed by atoms with van der Waals surface area (Å²) in [6.07, 6.45) is 1.70. The molecule has 16 heavy (non-hydrogen) atoms. The Hall–Kier alpha value is -2.23. The third-order valence-corrected chi connectivity index (χ3v) is 2.67. The minimum Gasteiger partial charge on any atom is -0.250 e. The van der Waals surface area contributed by atoms with Gasteiger partial charge in [0, 0.05) is 6.07 Å². The molecular formula is C12H10N3O+. The highest BCUT2D eigenvalue weighted by molar-refractivity contribution is 5.71. The molecule has 0 fully saturated rings. The second kappa shape index (κ2) is 3.13. The minimum atomic E-state index is -0.103. The van der Waals surface area contributed by atoms with Crippen LogP contribution in [0.3, 0.4) is 0 Å². The summed E-state index contributed by atoms with van der Waals surface area (Å²) in [5, 5.41) is 0.606. The number of hydrogen-bond donors (Lipinski definition) is 1. The molecule has 0 aliphatic rings. The van der Waals surface area contributed by atoms with Gasteiger partial charge in [-0.05, 0) is 25.1 Å². The van der Waals surface area contributed by atoms with Crippen LogP contribution in [0.15, 0.2) is 41.3 Å². The van der Waals surface area contributed by atoms with Gasteiger partial charge in [-0.2, -0.15) is 4.40 Å². The first kappa shape index (κ1) is 9.03. The molecule has 0 bridgehead atoms. The molecule has 4 nitrogen and oxygen atoms in total. The van der Waals surface area contributed by atoms with Crippen molar-refractivity contribution in [2.45, 2.75) is 6.92 Å². The Morgan fingerprint density at radius 3 is 3.00 bits per heavy atom. The van der Waals surface area contributed by atoms with Crippen molar-refractivity contribution in [2.75, 3.05) is 0 Å². The molecule has 3 aromatic heterocycles. The highest BCUT2D eigenvalue weighted by atomic mass is 16.1. The number of hydrogen-bond acceptors (Lipinski definition) is 2. The Morgan fingerprint density at radius 1 is 1.25 bits per heavy atom. The summed E-state index contributed by atoms with van der Waals surface area (Å²) in [4.78, 5) is 18.9. The van der Waals surface area contributed by atoms with Crippen LogP contribution in [0, 0.1) is 6.92 Å². The summed E-state index contributed by atoms with van der Waals surface area (Å²) >= 11 is 0. The van der Waals surface area contributed by atoms with Crippen LogP contribution in [-0.2, 0) is 0 Å². The molecule has 0 amide bonds. The van der Waals surface area contributed by atoms with Crippen molar-refractivity contribution in [3.05, 3.63) is 52.6 Å². The van der Waals surface area contributed by atoms with Gasteiger partial charge >= 0.3 is 5.56 Å². The molecule has 0 saturated heterocycles. The first-order chi connectivity index (χ1) is 7.77. The second-order valence-electron chi connectivity index (χ2n) is 3.72. The van der Waals surface area contributed by atoms with E-state index in [1.807, 2.05) is 29.5 Å². The van der Waals surface area contributed by atoms with Crippen molar-refractivity contribution in [1.29, 1.82) is 0 Å². The van der Waals surface area contributed by atoms with E-state index in [1.165, 1.54) is 0 Å². The molecular weight excluding hydrogens is 202 g/mol. The highest BCUT2D eigenvalue weighted by Gasteiger charge is 2.12. The molecule has 1 N–H and O–H groups in total. The fourth-order valence-electron chi connectivity index (χ4n) is 1.93. The molecule has 0 unspecified atom stereocenters. The number of aromatic nitrogens is 3. The average molecular weight is 212 g/mol. The normalized spacial score (nSPS) is 11.1. The Bertz CT molecular complexity index is 746. The lowest BCUT2D eigenvalue weighted by atomic mass is 10.3. The lowest BCUT2D eigenvalue weighted by Crippen LogP contribution is -2.32. The lowest BCUT2D eigenvalue weighted by Gasteiger charge is -2.00. The van der Waals surface area contributed by atoms with Gasteiger partial charge in [0.1, 0.15) is 11.6 Å². The molecule has 78 valence electrons. The smallest absolute Gasteiger partial charge is 0.250 e. The van der Waals surface area contributed by atoms with E-state index >= 15 is 0 Å². The van der Waals surface area contributed by atoms with Crippen LogP contribution in [0.1, 0.15) is 5.69 Å². The summed E-state index contributed by atoms with van der Waals surface area (Å²) in [6, 6.07) is 9.31. The van der Waals surface area contributed by atoms with E-state index in [9.17, 15) is 4.79 Å². The molecule has 0 radical (unpaired) electrons. The second-order valence-corrected chi connectivity index (χ2v) is 3.72. The van der Waals surface area contributed by atoms with Crippen molar-refractivity contribution in [3.8, 4) is 0 Å². The summed E-state index contributed by atoms with van der Waals surface area (Å²) in [5.41, 5.74) is 2.39. The van der Waals surface area contributed by atoms with Crippen LogP contribution >= 0.6 is 0 Å². The van der Waals surface area contributed by atoms with Crippen LogP contribution in [0.5, 0.6) is 0 Å². The summed E-state index contributed by atoms with van der Waals surface area (Å²) in [6.45, 7) is 1.99. The van der Waals surface area contributed by atoms with Crippen LogP contribution in [0.25, 0.3) is 16.7 Å². The van der Waals surface area contributed by atoms with Gasteiger partial charge in [-0.1, -0.05) is 6.07 Å².